The zero-order valence-corrected chi connectivity index (χ0v) is 15.4. The molecule has 1 saturated heterocycles. The van der Waals surface area contributed by atoms with Gasteiger partial charge in [0.25, 0.3) is 5.91 Å². The van der Waals surface area contributed by atoms with Crippen molar-refractivity contribution >= 4 is 5.91 Å². The molecule has 0 unspecified atom stereocenters. The molecule has 1 aromatic carbocycles. The Kier molecular flexibility index (Phi) is 5.41. The van der Waals surface area contributed by atoms with Gasteiger partial charge in [0.2, 0.25) is 0 Å². The molecule has 1 aliphatic heterocycles. The Balaban J connectivity index is 1.72. The molecule has 8 nitrogen and oxygen atoms in total. The zero-order valence-electron chi connectivity index (χ0n) is 15.4. The van der Waals surface area contributed by atoms with Crippen LogP contribution in [0.1, 0.15) is 40.6 Å². The highest BCUT2D eigenvalue weighted by molar-refractivity contribution is 5.93. The van der Waals surface area contributed by atoms with Crippen LogP contribution in [-0.4, -0.2) is 58.2 Å². The number of phenolic OH excluding ortho intramolecular Hbond substituents is 1. The molecule has 0 atom stereocenters. The summed E-state index contributed by atoms with van der Waals surface area (Å²) in [6.45, 7) is 4.15. The summed E-state index contributed by atoms with van der Waals surface area (Å²) in [6.07, 6.45) is 1.97. The number of carbonyl (C=O) groups excluding carboxylic acids is 1. The van der Waals surface area contributed by atoms with E-state index in [1.807, 2.05) is 17.7 Å². The summed E-state index contributed by atoms with van der Waals surface area (Å²) >= 11 is 0. The lowest BCUT2D eigenvalue weighted by atomic mass is 10.1. The fourth-order valence-corrected chi connectivity index (χ4v) is 3.30. The summed E-state index contributed by atoms with van der Waals surface area (Å²) in [5, 5.41) is 21.6. The third-order valence-electron chi connectivity index (χ3n) is 4.79. The van der Waals surface area contributed by atoms with E-state index in [1.54, 1.807) is 24.1 Å². The van der Waals surface area contributed by atoms with E-state index in [9.17, 15) is 9.90 Å². The van der Waals surface area contributed by atoms with Crippen molar-refractivity contribution < 1.29 is 14.6 Å². The van der Waals surface area contributed by atoms with Crippen LogP contribution < -0.4 is 10.1 Å². The maximum atomic E-state index is 12.8. The van der Waals surface area contributed by atoms with Gasteiger partial charge in [-0.05, 0) is 50.6 Å². The van der Waals surface area contributed by atoms with E-state index in [4.69, 9.17) is 4.74 Å². The van der Waals surface area contributed by atoms with Crippen molar-refractivity contribution in [3.8, 4) is 11.5 Å². The molecule has 0 saturated carbocycles. The van der Waals surface area contributed by atoms with Crippen molar-refractivity contribution in [3.63, 3.8) is 0 Å². The highest BCUT2D eigenvalue weighted by atomic mass is 16.5. The normalized spacial score (nSPS) is 15.0. The number of hydrogen-bond acceptors (Lipinski definition) is 6. The van der Waals surface area contributed by atoms with Crippen LogP contribution in [0.3, 0.4) is 0 Å². The van der Waals surface area contributed by atoms with Crippen LogP contribution in [0.2, 0.25) is 0 Å². The first-order valence-electron chi connectivity index (χ1n) is 8.75. The lowest BCUT2D eigenvalue weighted by Gasteiger charge is -2.23. The highest BCUT2D eigenvalue weighted by Crippen LogP contribution is 2.27. The van der Waals surface area contributed by atoms with Crippen LogP contribution >= 0.6 is 0 Å². The first kappa shape index (κ1) is 18.2. The van der Waals surface area contributed by atoms with Crippen LogP contribution in [-0.2, 0) is 6.54 Å². The van der Waals surface area contributed by atoms with E-state index >= 15 is 0 Å². The predicted octanol–water partition coefficient (Wildman–Crippen LogP) is 1.50. The molecular formula is C18H25N5O3. The molecule has 3 rings (SSSR count). The number of nitrogens with zero attached hydrogens (tertiary/aromatic N) is 4. The number of nitrogens with one attached hydrogen (secondary N) is 1. The average molecular weight is 359 g/mol. The van der Waals surface area contributed by atoms with Crippen molar-refractivity contribution in [1.82, 2.24) is 25.2 Å². The molecule has 0 aliphatic carbocycles. The average Bonchev–Trinajstić information content (AvgIpc) is 3.03. The summed E-state index contributed by atoms with van der Waals surface area (Å²) in [7, 11) is 3.21. The van der Waals surface area contributed by atoms with E-state index < -0.39 is 0 Å². The Labute approximate surface area is 152 Å². The molecule has 0 spiro atoms. The van der Waals surface area contributed by atoms with Crippen molar-refractivity contribution in [2.24, 2.45) is 0 Å². The van der Waals surface area contributed by atoms with Gasteiger partial charge >= 0.3 is 0 Å². The summed E-state index contributed by atoms with van der Waals surface area (Å²) in [4.78, 5) is 14.4. The minimum Gasteiger partial charge on any atom is -0.504 e. The van der Waals surface area contributed by atoms with Gasteiger partial charge in [-0.1, -0.05) is 11.3 Å². The third-order valence-corrected chi connectivity index (χ3v) is 4.79. The Morgan fingerprint density at radius 3 is 2.81 bits per heavy atom. The van der Waals surface area contributed by atoms with Gasteiger partial charge in [0.1, 0.15) is 0 Å². The quantitative estimate of drug-likeness (QED) is 0.840. The third kappa shape index (κ3) is 3.65. The van der Waals surface area contributed by atoms with Gasteiger partial charge in [0.15, 0.2) is 17.2 Å². The number of aromatic hydroxyl groups is 1. The number of benzene rings is 1. The van der Waals surface area contributed by atoms with Gasteiger partial charge in [0.05, 0.1) is 18.8 Å². The lowest BCUT2D eigenvalue weighted by molar-refractivity contribution is 0.0778. The first-order chi connectivity index (χ1) is 12.5. The molecule has 2 N–H and O–H groups in total. The molecule has 2 aromatic rings. The van der Waals surface area contributed by atoms with Gasteiger partial charge in [-0.3, -0.25) is 4.79 Å². The van der Waals surface area contributed by atoms with Crippen LogP contribution in [0.4, 0.5) is 0 Å². The van der Waals surface area contributed by atoms with Crippen molar-refractivity contribution in [2.75, 3.05) is 27.2 Å². The fourth-order valence-electron chi connectivity index (χ4n) is 3.30. The second-order valence-electron chi connectivity index (χ2n) is 6.62. The number of carbonyl (C=O) groups is 1. The molecule has 1 fully saturated rings. The highest BCUT2D eigenvalue weighted by Gasteiger charge is 2.24. The van der Waals surface area contributed by atoms with Crippen molar-refractivity contribution in [1.29, 1.82) is 0 Å². The summed E-state index contributed by atoms with van der Waals surface area (Å²) in [5.74, 6) is 0.278. The van der Waals surface area contributed by atoms with Crippen molar-refractivity contribution in [2.45, 2.75) is 32.4 Å². The second kappa shape index (κ2) is 7.74. The summed E-state index contributed by atoms with van der Waals surface area (Å²) in [6, 6.07) is 5.39. The number of rotatable bonds is 5. The number of amides is 1. The second-order valence-corrected chi connectivity index (χ2v) is 6.62. The number of phenols is 1. The minimum absolute atomic E-state index is 0.0545. The number of hydrogen-bond donors (Lipinski definition) is 2. The zero-order chi connectivity index (χ0) is 18.7. The number of methoxy groups -OCH3 is 1. The molecule has 1 amide bonds. The molecule has 1 aliphatic rings. The number of ether oxygens (including phenoxy) is 1. The van der Waals surface area contributed by atoms with Gasteiger partial charge in [-0.15, -0.1) is 5.10 Å². The maximum absolute atomic E-state index is 12.8. The van der Waals surface area contributed by atoms with E-state index in [-0.39, 0.29) is 17.7 Å². The summed E-state index contributed by atoms with van der Waals surface area (Å²) in [5.41, 5.74) is 1.98. The molecular weight excluding hydrogens is 334 g/mol. The van der Waals surface area contributed by atoms with Crippen LogP contribution in [0, 0.1) is 6.92 Å². The molecule has 2 heterocycles. The Morgan fingerprint density at radius 2 is 2.15 bits per heavy atom. The van der Waals surface area contributed by atoms with E-state index in [0.29, 0.717) is 18.0 Å². The van der Waals surface area contributed by atoms with Gasteiger partial charge in [-0.2, -0.15) is 0 Å². The standard InChI is InChI=1S/C18H25N5O3/c1-12-17(20-21-23(12)14-6-8-19-9-7-14)18(25)22(2)11-13-4-5-16(26-3)15(24)10-13/h4-5,10,14,19,24H,6-9,11H2,1-3H3. The van der Waals surface area contributed by atoms with Crippen LogP contribution in [0.25, 0.3) is 0 Å². The molecule has 1 aromatic heterocycles. The number of piperidine rings is 1. The Bertz CT molecular complexity index is 783. The fraction of sp³-hybridized carbons (Fsp3) is 0.500. The van der Waals surface area contributed by atoms with Crippen LogP contribution in [0.15, 0.2) is 18.2 Å². The van der Waals surface area contributed by atoms with Crippen LogP contribution in [0.5, 0.6) is 11.5 Å². The molecule has 140 valence electrons. The lowest BCUT2D eigenvalue weighted by Crippen LogP contribution is -2.30. The maximum Gasteiger partial charge on any atom is 0.276 e. The predicted molar refractivity (Wildman–Crippen MR) is 96.4 cm³/mol. The largest absolute Gasteiger partial charge is 0.504 e. The van der Waals surface area contributed by atoms with Gasteiger partial charge in [0, 0.05) is 13.6 Å². The van der Waals surface area contributed by atoms with Crippen molar-refractivity contribution in [3.05, 3.63) is 35.2 Å². The molecule has 8 heteroatoms. The minimum atomic E-state index is -0.182. The molecule has 0 bridgehead atoms. The van der Waals surface area contributed by atoms with Gasteiger partial charge in [-0.25, -0.2) is 4.68 Å². The topological polar surface area (TPSA) is 92.5 Å². The van der Waals surface area contributed by atoms with E-state index in [0.717, 1.165) is 37.2 Å². The SMILES string of the molecule is COc1ccc(CN(C)C(=O)c2nnn(C3CCNCC3)c2C)cc1O. The van der Waals surface area contributed by atoms with E-state index in [1.165, 1.54) is 7.11 Å². The first-order valence-corrected chi connectivity index (χ1v) is 8.75. The molecule has 26 heavy (non-hydrogen) atoms. The monoisotopic (exact) mass is 359 g/mol. The smallest absolute Gasteiger partial charge is 0.276 e. The molecule has 0 radical (unpaired) electrons. The summed E-state index contributed by atoms with van der Waals surface area (Å²) < 4.78 is 6.92. The Morgan fingerprint density at radius 1 is 1.42 bits per heavy atom. The number of aromatic nitrogens is 3. The Hall–Kier alpha value is -2.61. The van der Waals surface area contributed by atoms with E-state index in [2.05, 4.69) is 15.6 Å². The van der Waals surface area contributed by atoms with Gasteiger partial charge < -0.3 is 20.1 Å².